The predicted octanol–water partition coefficient (Wildman–Crippen LogP) is 5.84. The van der Waals surface area contributed by atoms with E-state index in [4.69, 9.17) is 9.47 Å². The van der Waals surface area contributed by atoms with E-state index in [1.165, 1.54) is 0 Å². The highest BCUT2D eigenvalue weighted by atomic mass is 16.5. The first-order valence-electron chi connectivity index (χ1n) is 9.28. The Hall–Kier alpha value is -3.07. The SMILES string of the molecule is CCOc1ccccc1C(C)N=Cc1ccc(OCc2ccccc2)cc1. The average molecular weight is 359 g/mol. The summed E-state index contributed by atoms with van der Waals surface area (Å²) in [6, 6.07) is 26.2. The van der Waals surface area contributed by atoms with Crippen molar-refractivity contribution >= 4 is 6.21 Å². The van der Waals surface area contributed by atoms with Crippen molar-refractivity contribution in [1.29, 1.82) is 0 Å². The van der Waals surface area contributed by atoms with Crippen LogP contribution >= 0.6 is 0 Å². The molecule has 0 aliphatic heterocycles. The summed E-state index contributed by atoms with van der Waals surface area (Å²) in [4.78, 5) is 4.68. The molecule has 1 unspecified atom stereocenters. The largest absolute Gasteiger partial charge is 0.494 e. The van der Waals surface area contributed by atoms with Crippen molar-refractivity contribution in [3.8, 4) is 11.5 Å². The molecule has 3 aromatic carbocycles. The van der Waals surface area contributed by atoms with Crippen LogP contribution in [0.5, 0.6) is 11.5 Å². The molecule has 0 saturated heterocycles. The van der Waals surface area contributed by atoms with Gasteiger partial charge in [0.25, 0.3) is 0 Å². The van der Waals surface area contributed by atoms with Gasteiger partial charge in [-0.05, 0) is 55.3 Å². The standard InChI is InChI=1S/C24H25NO2/c1-3-26-24-12-8-7-11-23(24)19(2)25-17-20-13-15-22(16-14-20)27-18-21-9-5-4-6-10-21/h4-17,19H,3,18H2,1-2H3. The van der Waals surface area contributed by atoms with E-state index < -0.39 is 0 Å². The van der Waals surface area contributed by atoms with Crippen LogP contribution in [-0.4, -0.2) is 12.8 Å². The lowest BCUT2D eigenvalue weighted by molar-refractivity contribution is 0.306. The van der Waals surface area contributed by atoms with Crippen LogP contribution in [0.15, 0.2) is 83.9 Å². The molecule has 0 fully saturated rings. The van der Waals surface area contributed by atoms with Crippen molar-refractivity contribution in [2.24, 2.45) is 4.99 Å². The summed E-state index contributed by atoms with van der Waals surface area (Å²) in [5.74, 6) is 1.75. The summed E-state index contributed by atoms with van der Waals surface area (Å²) in [5, 5.41) is 0. The summed E-state index contributed by atoms with van der Waals surface area (Å²) < 4.78 is 11.5. The number of aliphatic imine (C=N–C) groups is 1. The molecular weight excluding hydrogens is 334 g/mol. The molecule has 0 bridgehead atoms. The van der Waals surface area contributed by atoms with Gasteiger partial charge in [0.2, 0.25) is 0 Å². The van der Waals surface area contributed by atoms with E-state index in [1.54, 1.807) is 0 Å². The Kier molecular flexibility index (Phi) is 6.64. The molecule has 1 atom stereocenters. The minimum absolute atomic E-state index is 0.0294. The number of nitrogens with zero attached hydrogens (tertiary/aromatic N) is 1. The molecular formula is C24H25NO2. The van der Waals surface area contributed by atoms with E-state index in [0.717, 1.165) is 28.2 Å². The zero-order chi connectivity index (χ0) is 18.9. The van der Waals surface area contributed by atoms with Crippen molar-refractivity contribution in [1.82, 2.24) is 0 Å². The summed E-state index contributed by atoms with van der Waals surface area (Å²) >= 11 is 0. The Morgan fingerprint density at radius 3 is 2.30 bits per heavy atom. The van der Waals surface area contributed by atoms with Crippen LogP contribution in [0.2, 0.25) is 0 Å². The first-order chi connectivity index (χ1) is 13.3. The second-order valence-corrected chi connectivity index (χ2v) is 6.27. The molecule has 0 heterocycles. The third-order valence-electron chi connectivity index (χ3n) is 4.24. The molecule has 3 nitrogen and oxygen atoms in total. The van der Waals surface area contributed by atoms with Crippen LogP contribution in [0.1, 0.15) is 36.6 Å². The zero-order valence-corrected chi connectivity index (χ0v) is 15.8. The van der Waals surface area contributed by atoms with E-state index in [2.05, 4.69) is 30.1 Å². The van der Waals surface area contributed by atoms with Crippen LogP contribution in [-0.2, 0) is 6.61 Å². The molecule has 3 aromatic rings. The maximum absolute atomic E-state index is 5.82. The molecule has 0 aliphatic rings. The Labute approximate surface area is 161 Å². The van der Waals surface area contributed by atoms with Crippen molar-refractivity contribution in [3.05, 3.63) is 95.6 Å². The van der Waals surface area contributed by atoms with Crippen molar-refractivity contribution in [2.45, 2.75) is 26.5 Å². The highest BCUT2D eigenvalue weighted by Gasteiger charge is 2.09. The lowest BCUT2D eigenvalue weighted by atomic mass is 10.1. The van der Waals surface area contributed by atoms with Crippen LogP contribution < -0.4 is 9.47 Å². The van der Waals surface area contributed by atoms with Crippen LogP contribution in [0.25, 0.3) is 0 Å². The minimum Gasteiger partial charge on any atom is -0.494 e. The Balaban J connectivity index is 1.60. The third kappa shape index (κ3) is 5.45. The molecule has 3 rings (SSSR count). The molecule has 0 radical (unpaired) electrons. The van der Waals surface area contributed by atoms with Gasteiger partial charge < -0.3 is 9.47 Å². The fraction of sp³-hybridized carbons (Fsp3) is 0.208. The van der Waals surface area contributed by atoms with Crippen molar-refractivity contribution in [3.63, 3.8) is 0 Å². The fourth-order valence-corrected chi connectivity index (χ4v) is 2.78. The molecule has 27 heavy (non-hydrogen) atoms. The molecule has 0 aliphatic carbocycles. The van der Waals surface area contributed by atoms with E-state index in [-0.39, 0.29) is 6.04 Å². The van der Waals surface area contributed by atoms with Crippen LogP contribution in [0.4, 0.5) is 0 Å². The van der Waals surface area contributed by atoms with Gasteiger partial charge in [-0.15, -0.1) is 0 Å². The molecule has 0 spiro atoms. The predicted molar refractivity (Wildman–Crippen MR) is 111 cm³/mol. The van der Waals surface area contributed by atoms with Gasteiger partial charge in [0.1, 0.15) is 18.1 Å². The lowest BCUT2D eigenvalue weighted by Crippen LogP contribution is -1.99. The van der Waals surface area contributed by atoms with Gasteiger partial charge in [-0.3, -0.25) is 4.99 Å². The maximum atomic E-state index is 5.82. The zero-order valence-electron chi connectivity index (χ0n) is 15.8. The number of hydrogen-bond donors (Lipinski definition) is 0. The average Bonchev–Trinajstić information content (AvgIpc) is 2.73. The molecule has 0 amide bonds. The quantitative estimate of drug-likeness (QED) is 0.473. The first kappa shape index (κ1) is 18.7. The van der Waals surface area contributed by atoms with Gasteiger partial charge in [0, 0.05) is 11.8 Å². The maximum Gasteiger partial charge on any atom is 0.124 e. The molecule has 138 valence electrons. The van der Waals surface area contributed by atoms with Crippen LogP contribution in [0, 0.1) is 0 Å². The van der Waals surface area contributed by atoms with Gasteiger partial charge >= 0.3 is 0 Å². The number of para-hydroxylation sites is 1. The molecule has 0 N–H and O–H groups in total. The van der Waals surface area contributed by atoms with Gasteiger partial charge in [-0.25, -0.2) is 0 Å². The lowest BCUT2D eigenvalue weighted by Gasteiger charge is -2.13. The number of ether oxygens (including phenoxy) is 2. The van der Waals surface area contributed by atoms with Gasteiger partial charge in [0.05, 0.1) is 12.6 Å². The number of rotatable bonds is 8. The Bertz CT molecular complexity index is 857. The summed E-state index contributed by atoms with van der Waals surface area (Å²) in [6.45, 7) is 5.29. The normalized spacial score (nSPS) is 12.1. The highest BCUT2D eigenvalue weighted by Crippen LogP contribution is 2.27. The highest BCUT2D eigenvalue weighted by molar-refractivity contribution is 5.80. The second-order valence-electron chi connectivity index (χ2n) is 6.27. The topological polar surface area (TPSA) is 30.8 Å². The van der Waals surface area contributed by atoms with E-state index in [0.29, 0.717) is 13.2 Å². The van der Waals surface area contributed by atoms with Crippen molar-refractivity contribution in [2.75, 3.05) is 6.61 Å². The number of hydrogen-bond acceptors (Lipinski definition) is 3. The summed E-state index contributed by atoms with van der Waals surface area (Å²) in [7, 11) is 0. The van der Waals surface area contributed by atoms with E-state index in [1.807, 2.05) is 73.8 Å². The monoisotopic (exact) mass is 359 g/mol. The number of benzene rings is 3. The summed E-state index contributed by atoms with van der Waals surface area (Å²) in [5.41, 5.74) is 3.30. The summed E-state index contributed by atoms with van der Waals surface area (Å²) in [6.07, 6.45) is 1.90. The van der Waals surface area contributed by atoms with Crippen molar-refractivity contribution < 1.29 is 9.47 Å². The van der Waals surface area contributed by atoms with E-state index >= 15 is 0 Å². The molecule has 0 saturated carbocycles. The van der Waals surface area contributed by atoms with Gasteiger partial charge in [-0.2, -0.15) is 0 Å². The Morgan fingerprint density at radius 1 is 0.852 bits per heavy atom. The molecule has 0 aromatic heterocycles. The smallest absolute Gasteiger partial charge is 0.124 e. The third-order valence-corrected chi connectivity index (χ3v) is 4.24. The van der Waals surface area contributed by atoms with Gasteiger partial charge in [0.15, 0.2) is 0 Å². The van der Waals surface area contributed by atoms with E-state index in [9.17, 15) is 0 Å². The van der Waals surface area contributed by atoms with Crippen LogP contribution in [0.3, 0.4) is 0 Å². The molecule has 3 heteroatoms. The van der Waals surface area contributed by atoms with Gasteiger partial charge in [-0.1, -0.05) is 48.5 Å². The Morgan fingerprint density at radius 2 is 1.56 bits per heavy atom. The first-order valence-corrected chi connectivity index (χ1v) is 9.28. The minimum atomic E-state index is 0.0294. The fourth-order valence-electron chi connectivity index (χ4n) is 2.78. The second kappa shape index (κ2) is 9.58.